The van der Waals surface area contributed by atoms with Crippen LogP contribution in [0.1, 0.15) is 27.0 Å². The average Bonchev–Trinajstić information content (AvgIpc) is 2.45. The van der Waals surface area contributed by atoms with Gasteiger partial charge in [-0.2, -0.15) is 13.2 Å². The molecular weight excluding hydrogens is 277 g/mol. The van der Waals surface area contributed by atoms with E-state index < -0.39 is 11.7 Å². The van der Waals surface area contributed by atoms with Crippen LogP contribution in [0.5, 0.6) is 0 Å². The Balaban J connectivity index is 2.10. The first kappa shape index (κ1) is 15.0. The molecule has 0 unspecified atom stereocenters. The Kier molecular flexibility index (Phi) is 4.26. The Morgan fingerprint density at radius 1 is 0.952 bits per heavy atom. The number of carbonyl (C=O) groups excluding carboxylic acids is 1. The van der Waals surface area contributed by atoms with Gasteiger partial charge in [-0.1, -0.05) is 48.0 Å². The summed E-state index contributed by atoms with van der Waals surface area (Å²) in [6.45, 7) is 1.92. The molecule has 2 aromatic carbocycles. The minimum Gasteiger partial charge on any atom is -0.289 e. The first-order chi connectivity index (χ1) is 9.86. The number of benzene rings is 2. The van der Waals surface area contributed by atoms with Gasteiger partial charge in [0.1, 0.15) is 0 Å². The summed E-state index contributed by atoms with van der Waals surface area (Å²) >= 11 is 0. The lowest BCUT2D eigenvalue weighted by Gasteiger charge is -2.05. The summed E-state index contributed by atoms with van der Waals surface area (Å²) in [7, 11) is 0. The van der Waals surface area contributed by atoms with Crippen LogP contribution < -0.4 is 0 Å². The monoisotopic (exact) mass is 290 g/mol. The van der Waals surface area contributed by atoms with Crippen LogP contribution in [0.25, 0.3) is 6.08 Å². The first-order valence-corrected chi connectivity index (χ1v) is 6.32. The number of aryl methyl sites for hydroxylation is 1. The number of hydrogen-bond acceptors (Lipinski definition) is 1. The highest BCUT2D eigenvalue weighted by molar-refractivity contribution is 6.06. The normalized spacial score (nSPS) is 11.8. The maximum atomic E-state index is 12.4. The molecule has 0 atom stereocenters. The van der Waals surface area contributed by atoms with Crippen LogP contribution in [0.3, 0.4) is 0 Å². The number of hydrogen-bond donors (Lipinski definition) is 0. The zero-order chi connectivity index (χ0) is 15.5. The largest absolute Gasteiger partial charge is 0.416 e. The summed E-state index contributed by atoms with van der Waals surface area (Å²) in [4.78, 5) is 11.9. The van der Waals surface area contributed by atoms with Crippen molar-refractivity contribution in [1.29, 1.82) is 0 Å². The van der Waals surface area contributed by atoms with Crippen LogP contribution in [-0.2, 0) is 6.18 Å². The van der Waals surface area contributed by atoms with Gasteiger partial charge in [0.15, 0.2) is 5.78 Å². The Bertz CT molecular complexity index is 650. The Morgan fingerprint density at radius 3 is 2.05 bits per heavy atom. The van der Waals surface area contributed by atoms with Gasteiger partial charge in [-0.15, -0.1) is 0 Å². The topological polar surface area (TPSA) is 17.1 Å². The SMILES string of the molecule is Cc1ccc(C(=O)/C=C/c2ccc(C(F)(F)F)cc2)cc1. The second-order valence-electron chi connectivity index (χ2n) is 4.68. The van der Waals surface area contributed by atoms with Crippen LogP contribution in [0.15, 0.2) is 54.6 Å². The van der Waals surface area contributed by atoms with Crippen LogP contribution >= 0.6 is 0 Å². The van der Waals surface area contributed by atoms with Crippen molar-refractivity contribution >= 4 is 11.9 Å². The summed E-state index contributed by atoms with van der Waals surface area (Å²) < 4.78 is 37.2. The second-order valence-corrected chi connectivity index (χ2v) is 4.68. The average molecular weight is 290 g/mol. The molecule has 0 N–H and O–H groups in total. The molecule has 1 nitrogen and oxygen atoms in total. The summed E-state index contributed by atoms with van der Waals surface area (Å²) in [5.74, 6) is -0.185. The molecule has 0 aromatic heterocycles. The van der Waals surface area contributed by atoms with Gasteiger partial charge in [-0.3, -0.25) is 4.79 Å². The van der Waals surface area contributed by atoms with E-state index in [9.17, 15) is 18.0 Å². The van der Waals surface area contributed by atoms with Crippen LogP contribution in [0, 0.1) is 6.92 Å². The highest BCUT2D eigenvalue weighted by atomic mass is 19.4. The van der Waals surface area contributed by atoms with E-state index in [1.54, 1.807) is 12.1 Å². The van der Waals surface area contributed by atoms with E-state index in [-0.39, 0.29) is 5.78 Å². The maximum Gasteiger partial charge on any atom is 0.416 e. The number of carbonyl (C=O) groups is 1. The van der Waals surface area contributed by atoms with Gasteiger partial charge in [0, 0.05) is 5.56 Å². The molecule has 2 rings (SSSR count). The Hall–Kier alpha value is -2.36. The number of alkyl halides is 3. The minimum atomic E-state index is -4.35. The summed E-state index contributed by atoms with van der Waals surface area (Å²) in [6.07, 6.45) is -1.49. The number of ketones is 1. The lowest BCUT2D eigenvalue weighted by atomic mass is 10.1. The van der Waals surface area contributed by atoms with Gasteiger partial charge in [0.05, 0.1) is 5.56 Å². The predicted molar refractivity (Wildman–Crippen MR) is 76.0 cm³/mol. The van der Waals surface area contributed by atoms with Crippen LogP contribution in [0.2, 0.25) is 0 Å². The molecule has 0 saturated heterocycles. The molecule has 4 heteroatoms. The van der Waals surface area contributed by atoms with Gasteiger partial charge >= 0.3 is 6.18 Å². The van der Waals surface area contributed by atoms with Crippen LogP contribution in [-0.4, -0.2) is 5.78 Å². The zero-order valence-electron chi connectivity index (χ0n) is 11.3. The molecule has 0 fully saturated rings. The molecule has 0 bridgehead atoms. The van der Waals surface area contributed by atoms with Crippen molar-refractivity contribution in [3.8, 4) is 0 Å². The second kappa shape index (κ2) is 5.95. The molecule has 0 amide bonds. The fourth-order valence-corrected chi connectivity index (χ4v) is 1.77. The number of halogens is 3. The lowest BCUT2D eigenvalue weighted by Crippen LogP contribution is -2.04. The third-order valence-electron chi connectivity index (χ3n) is 3.00. The van der Waals surface area contributed by atoms with E-state index in [1.807, 2.05) is 19.1 Å². The standard InChI is InChI=1S/C17H13F3O/c1-12-2-7-14(8-3-12)16(21)11-6-13-4-9-15(10-5-13)17(18,19)20/h2-11H,1H3/b11-6+. The fourth-order valence-electron chi connectivity index (χ4n) is 1.77. The van der Waals surface area contributed by atoms with E-state index in [1.165, 1.54) is 24.3 Å². The molecule has 2 aromatic rings. The molecule has 0 spiro atoms. The molecule has 0 aliphatic heterocycles. The van der Waals surface area contributed by atoms with E-state index in [4.69, 9.17) is 0 Å². The third kappa shape index (κ3) is 4.05. The molecule has 108 valence electrons. The molecular formula is C17H13F3O. The van der Waals surface area contributed by atoms with Crippen molar-refractivity contribution in [2.75, 3.05) is 0 Å². The quantitative estimate of drug-likeness (QED) is 0.580. The van der Waals surface area contributed by atoms with Crippen molar-refractivity contribution in [3.05, 3.63) is 76.9 Å². The van der Waals surface area contributed by atoms with Crippen molar-refractivity contribution in [2.45, 2.75) is 13.1 Å². The number of allylic oxidation sites excluding steroid dienone is 1. The van der Waals surface area contributed by atoms with Gasteiger partial charge in [0.2, 0.25) is 0 Å². The Morgan fingerprint density at radius 2 is 1.52 bits per heavy atom. The van der Waals surface area contributed by atoms with E-state index in [0.29, 0.717) is 11.1 Å². The van der Waals surface area contributed by atoms with E-state index in [0.717, 1.165) is 17.7 Å². The van der Waals surface area contributed by atoms with Crippen molar-refractivity contribution < 1.29 is 18.0 Å². The van der Waals surface area contributed by atoms with Gasteiger partial charge in [-0.05, 0) is 30.7 Å². The fraction of sp³-hybridized carbons (Fsp3) is 0.118. The van der Waals surface area contributed by atoms with Gasteiger partial charge in [0.25, 0.3) is 0 Å². The molecule has 0 heterocycles. The Labute approximate surface area is 120 Å². The maximum absolute atomic E-state index is 12.4. The zero-order valence-corrected chi connectivity index (χ0v) is 11.3. The van der Waals surface area contributed by atoms with Crippen molar-refractivity contribution in [2.24, 2.45) is 0 Å². The van der Waals surface area contributed by atoms with Crippen molar-refractivity contribution in [3.63, 3.8) is 0 Å². The predicted octanol–water partition coefficient (Wildman–Crippen LogP) is 4.91. The van der Waals surface area contributed by atoms with Gasteiger partial charge < -0.3 is 0 Å². The van der Waals surface area contributed by atoms with E-state index >= 15 is 0 Å². The highest BCUT2D eigenvalue weighted by Crippen LogP contribution is 2.29. The smallest absolute Gasteiger partial charge is 0.289 e. The third-order valence-corrected chi connectivity index (χ3v) is 3.00. The van der Waals surface area contributed by atoms with Crippen molar-refractivity contribution in [1.82, 2.24) is 0 Å². The van der Waals surface area contributed by atoms with E-state index in [2.05, 4.69) is 0 Å². The number of rotatable bonds is 3. The lowest BCUT2D eigenvalue weighted by molar-refractivity contribution is -0.137. The first-order valence-electron chi connectivity index (χ1n) is 6.32. The summed E-state index contributed by atoms with van der Waals surface area (Å²) in [5, 5.41) is 0. The molecule has 21 heavy (non-hydrogen) atoms. The molecule has 0 radical (unpaired) electrons. The van der Waals surface area contributed by atoms with Gasteiger partial charge in [-0.25, -0.2) is 0 Å². The highest BCUT2D eigenvalue weighted by Gasteiger charge is 2.29. The molecule has 0 aliphatic rings. The minimum absolute atomic E-state index is 0.185. The summed E-state index contributed by atoms with van der Waals surface area (Å²) in [6, 6.07) is 11.8. The summed E-state index contributed by atoms with van der Waals surface area (Å²) in [5.41, 5.74) is 1.44. The van der Waals surface area contributed by atoms with Crippen LogP contribution in [0.4, 0.5) is 13.2 Å². The molecule has 0 aliphatic carbocycles. The molecule has 0 saturated carbocycles.